The summed E-state index contributed by atoms with van der Waals surface area (Å²) in [5.74, 6) is -1.06. The van der Waals surface area contributed by atoms with Gasteiger partial charge in [0.1, 0.15) is 6.04 Å². The van der Waals surface area contributed by atoms with Crippen molar-refractivity contribution in [1.29, 1.82) is 0 Å². The van der Waals surface area contributed by atoms with Crippen LogP contribution in [-0.2, 0) is 9.53 Å². The van der Waals surface area contributed by atoms with Crippen molar-refractivity contribution >= 4 is 33.6 Å². The summed E-state index contributed by atoms with van der Waals surface area (Å²) in [6, 6.07) is 3.93. The van der Waals surface area contributed by atoms with E-state index in [1.807, 2.05) is 13.0 Å². The Morgan fingerprint density at radius 3 is 2.76 bits per heavy atom. The summed E-state index contributed by atoms with van der Waals surface area (Å²) in [5.41, 5.74) is 1.50. The third kappa shape index (κ3) is 5.73. The summed E-state index contributed by atoms with van der Waals surface area (Å²) in [7, 11) is 1.55. The van der Waals surface area contributed by atoms with Gasteiger partial charge in [-0.3, -0.25) is 0 Å². The first-order chi connectivity index (χ1) is 9.95. The summed E-state index contributed by atoms with van der Waals surface area (Å²) >= 11 is 3.37. The number of hydrogen-bond donors (Lipinski definition) is 3. The number of benzene rings is 1. The van der Waals surface area contributed by atoms with Crippen molar-refractivity contribution in [2.75, 3.05) is 19.0 Å². The predicted molar refractivity (Wildman–Crippen MR) is 83.6 cm³/mol. The molecule has 0 aromatic heterocycles. The molecule has 1 rings (SSSR count). The van der Waals surface area contributed by atoms with Crippen LogP contribution in [0.5, 0.6) is 0 Å². The highest BCUT2D eigenvalue weighted by atomic mass is 79.9. The van der Waals surface area contributed by atoms with Gasteiger partial charge in [-0.15, -0.1) is 0 Å². The number of nitrogens with one attached hydrogen (secondary N) is 2. The van der Waals surface area contributed by atoms with Crippen molar-refractivity contribution in [2.45, 2.75) is 25.8 Å². The number of ether oxygens (including phenoxy) is 1. The molecule has 0 saturated heterocycles. The van der Waals surface area contributed by atoms with Gasteiger partial charge in [0.2, 0.25) is 0 Å². The van der Waals surface area contributed by atoms with E-state index in [1.54, 1.807) is 19.2 Å². The Balaban J connectivity index is 2.61. The summed E-state index contributed by atoms with van der Waals surface area (Å²) in [5, 5.41) is 14.2. The molecule has 0 aliphatic heterocycles. The number of amides is 2. The zero-order chi connectivity index (χ0) is 15.8. The number of carboxylic acids is 1. The Kier molecular flexibility index (Phi) is 7.18. The maximum Gasteiger partial charge on any atom is 0.326 e. The largest absolute Gasteiger partial charge is 0.480 e. The van der Waals surface area contributed by atoms with Crippen molar-refractivity contribution in [2.24, 2.45) is 0 Å². The number of methoxy groups -OCH3 is 1. The van der Waals surface area contributed by atoms with Crippen LogP contribution in [0.2, 0.25) is 0 Å². The molecule has 0 fully saturated rings. The Labute approximate surface area is 132 Å². The summed E-state index contributed by atoms with van der Waals surface area (Å²) < 4.78 is 5.75. The molecular weight excluding hydrogens is 340 g/mol. The molecule has 116 valence electrons. The van der Waals surface area contributed by atoms with E-state index in [0.717, 1.165) is 10.0 Å². The Bertz CT molecular complexity index is 508. The van der Waals surface area contributed by atoms with E-state index in [9.17, 15) is 9.59 Å². The van der Waals surface area contributed by atoms with Gasteiger partial charge in [-0.25, -0.2) is 9.59 Å². The maximum atomic E-state index is 11.9. The average Bonchev–Trinajstić information content (AvgIpc) is 2.43. The quantitative estimate of drug-likeness (QED) is 0.654. The molecule has 1 aromatic carbocycles. The van der Waals surface area contributed by atoms with Gasteiger partial charge in [0, 0.05) is 23.9 Å². The predicted octanol–water partition coefficient (Wildman–Crippen LogP) is 2.76. The van der Waals surface area contributed by atoms with Crippen LogP contribution in [0.3, 0.4) is 0 Å². The highest BCUT2D eigenvalue weighted by Crippen LogP contribution is 2.23. The second kappa shape index (κ2) is 8.63. The molecule has 2 amide bonds. The number of carboxylic acid groups (broad SMARTS) is 1. The molecule has 0 aliphatic carbocycles. The average molecular weight is 359 g/mol. The van der Waals surface area contributed by atoms with Crippen LogP contribution in [0.4, 0.5) is 10.5 Å². The lowest BCUT2D eigenvalue weighted by Crippen LogP contribution is -2.43. The lowest BCUT2D eigenvalue weighted by atomic mass is 10.1. The van der Waals surface area contributed by atoms with Crippen molar-refractivity contribution in [3.8, 4) is 0 Å². The maximum absolute atomic E-state index is 11.9. The minimum atomic E-state index is -1.06. The fraction of sp³-hybridized carbons (Fsp3) is 0.429. The molecular formula is C14H19BrN2O4. The topological polar surface area (TPSA) is 87.7 Å². The summed E-state index contributed by atoms with van der Waals surface area (Å²) in [6.45, 7) is 2.31. The van der Waals surface area contributed by atoms with E-state index in [2.05, 4.69) is 26.6 Å². The van der Waals surface area contributed by atoms with Gasteiger partial charge in [-0.05, 0) is 37.5 Å². The number of hydrogen-bond acceptors (Lipinski definition) is 3. The number of carbonyl (C=O) groups is 2. The Morgan fingerprint density at radius 2 is 2.14 bits per heavy atom. The van der Waals surface area contributed by atoms with Crippen molar-refractivity contribution in [3.63, 3.8) is 0 Å². The highest BCUT2D eigenvalue weighted by Gasteiger charge is 2.19. The van der Waals surface area contributed by atoms with Gasteiger partial charge in [-0.2, -0.15) is 0 Å². The van der Waals surface area contributed by atoms with Crippen LogP contribution in [-0.4, -0.2) is 36.9 Å². The number of aliphatic carboxylic acids is 1. The molecule has 0 bridgehead atoms. The fourth-order valence-electron chi connectivity index (χ4n) is 1.75. The van der Waals surface area contributed by atoms with Gasteiger partial charge < -0.3 is 20.5 Å². The first-order valence-corrected chi connectivity index (χ1v) is 7.29. The SMILES string of the molecule is COCCCC(NC(=O)Nc1cccc(Br)c1C)C(=O)O. The molecule has 3 N–H and O–H groups in total. The van der Waals surface area contributed by atoms with Crippen LogP contribution in [0, 0.1) is 6.92 Å². The summed E-state index contributed by atoms with van der Waals surface area (Å²) in [6.07, 6.45) is 0.873. The third-order valence-corrected chi connectivity index (χ3v) is 3.82. The van der Waals surface area contributed by atoms with Crippen LogP contribution in [0.1, 0.15) is 18.4 Å². The zero-order valence-corrected chi connectivity index (χ0v) is 13.6. The normalized spacial score (nSPS) is 11.8. The molecule has 0 radical (unpaired) electrons. The number of urea groups is 1. The molecule has 6 nitrogen and oxygen atoms in total. The molecule has 7 heteroatoms. The number of carbonyl (C=O) groups excluding carboxylic acids is 1. The number of halogens is 1. The second-order valence-corrected chi connectivity index (χ2v) is 5.39. The van der Waals surface area contributed by atoms with Gasteiger partial charge in [0.25, 0.3) is 0 Å². The van der Waals surface area contributed by atoms with Crippen molar-refractivity contribution in [3.05, 3.63) is 28.2 Å². The standard InChI is InChI=1S/C14H19BrN2O4/c1-9-10(15)5-3-6-11(9)16-14(20)17-12(13(18)19)7-4-8-21-2/h3,5-6,12H,4,7-8H2,1-2H3,(H,18,19)(H2,16,17,20). The minimum absolute atomic E-state index is 0.314. The third-order valence-electron chi connectivity index (χ3n) is 2.96. The monoisotopic (exact) mass is 358 g/mol. The van der Waals surface area contributed by atoms with Crippen molar-refractivity contribution < 1.29 is 19.4 Å². The number of anilines is 1. The number of rotatable bonds is 7. The van der Waals surface area contributed by atoms with Crippen LogP contribution in [0.15, 0.2) is 22.7 Å². The summed E-state index contributed by atoms with van der Waals surface area (Å²) in [4.78, 5) is 23.0. The lowest BCUT2D eigenvalue weighted by molar-refractivity contribution is -0.139. The first kappa shape index (κ1) is 17.5. The van der Waals surface area contributed by atoms with E-state index in [1.165, 1.54) is 0 Å². The second-order valence-electron chi connectivity index (χ2n) is 4.54. The fourth-order valence-corrected chi connectivity index (χ4v) is 2.11. The van der Waals surface area contributed by atoms with E-state index < -0.39 is 18.0 Å². The van der Waals surface area contributed by atoms with Crippen molar-refractivity contribution in [1.82, 2.24) is 5.32 Å². The highest BCUT2D eigenvalue weighted by molar-refractivity contribution is 9.10. The van der Waals surface area contributed by atoms with Crippen LogP contribution < -0.4 is 10.6 Å². The zero-order valence-electron chi connectivity index (χ0n) is 12.0. The first-order valence-electron chi connectivity index (χ1n) is 6.50. The molecule has 21 heavy (non-hydrogen) atoms. The van der Waals surface area contributed by atoms with E-state index in [-0.39, 0.29) is 0 Å². The van der Waals surface area contributed by atoms with Gasteiger partial charge >= 0.3 is 12.0 Å². The Morgan fingerprint density at radius 1 is 1.43 bits per heavy atom. The molecule has 1 atom stereocenters. The smallest absolute Gasteiger partial charge is 0.326 e. The molecule has 1 unspecified atom stereocenters. The van der Waals surface area contributed by atoms with Gasteiger partial charge in [-0.1, -0.05) is 22.0 Å². The van der Waals surface area contributed by atoms with Gasteiger partial charge in [0.15, 0.2) is 0 Å². The van der Waals surface area contributed by atoms with E-state index >= 15 is 0 Å². The molecule has 0 heterocycles. The van der Waals surface area contributed by atoms with Gasteiger partial charge in [0.05, 0.1) is 0 Å². The molecule has 1 aromatic rings. The molecule has 0 spiro atoms. The molecule has 0 aliphatic rings. The lowest BCUT2D eigenvalue weighted by Gasteiger charge is -2.16. The molecule has 0 saturated carbocycles. The Hall–Kier alpha value is -1.60. The van der Waals surface area contributed by atoms with E-state index in [4.69, 9.17) is 9.84 Å². The minimum Gasteiger partial charge on any atom is -0.480 e. The van der Waals surface area contributed by atoms with Crippen LogP contribution >= 0.6 is 15.9 Å². The van der Waals surface area contributed by atoms with E-state index in [0.29, 0.717) is 25.1 Å². The van der Waals surface area contributed by atoms with Crippen LogP contribution in [0.25, 0.3) is 0 Å².